The minimum Gasteiger partial charge on any atom is -0.494 e. The lowest BCUT2D eigenvalue weighted by molar-refractivity contribution is -0.139. The highest BCUT2D eigenvalue weighted by Gasteiger charge is 2.76. The Balaban J connectivity index is 1.40. The summed E-state index contributed by atoms with van der Waals surface area (Å²) in [7, 11) is 0. The van der Waals surface area contributed by atoms with E-state index in [1.54, 1.807) is 24.3 Å². The first-order chi connectivity index (χ1) is 20.3. The van der Waals surface area contributed by atoms with Crippen LogP contribution in [0.1, 0.15) is 33.6 Å². The topological polar surface area (TPSA) is 120 Å². The minimum absolute atomic E-state index is 0.130. The molecule has 1 spiro atoms. The Labute approximate surface area is 254 Å². The second-order valence-electron chi connectivity index (χ2n) is 10.9. The lowest BCUT2D eigenvalue weighted by Crippen LogP contribution is -2.54. The van der Waals surface area contributed by atoms with Gasteiger partial charge in [0.25, 0.3) is 0 Å². The molecule has 0 radical (unpaired) electrons. The number of aliphatic hydroxyl groups excluding tert-OH is 1. The van der Waals surface area contributed by atoms with Crippen LogP contribution >= 0.6 is 15.9 Å². The molecule has 3 aliphatic rings. The number of nitrogens with one attached hydrogen (secondary N) is 2. The Hall–Kier alpha value is -3.15. The summed E-state index contributed by atoms with van der Waals surface area (Å²) in [5, 5.41) is 15.5. The number of benzene rings is 2. The molecule has 226 valence electrons. The summed E-state index contributed by atoms with van der Waals surface area (Å²) in [6, 6.07) is 13.7. The molecular weight excluding hydrogens is 604 g/mol. The molecule has 2 bridgehead atoms. The van der Waals surface area contributed by atoms with Crippen molar-refractivity contribution < 1.29 is 29.0 Å². The third kappa shape index (κ3) is 5.38. The molecular formula is C31H39BrN4O6. The van der Waals surface area contributed by atoms with Crippen LogP contribution in [-0.4, -0.2) is 83.2 Å². The standard InChI is InChI=1S/C31H39BrN4O6/c1-4-35(5-2)21-12-8-19(9-13-21)34-29(39)27-31-18-23(32)26(42-31)24(25(31)30(40)36(27)16-7-17-37)28(38)33-20-10-14-22(15-11-20)41-6-3/h8-15,23-27,37H,4-7,16-18H2,1-3H3,(H,33,38)(H,34,39)/t23?,24-,25+,26-,27?,31?/m1/s1. The normalized spacial score (nSPS) is 27.6. The largest absolute Gasteiger partial charge is 0.494 e. The summed E-state index contributed by atoms with van der Waals surface area (Å²) in [5.74, 6) is -1.91. The first-order valence-corrected chi connectivity index (χ1v) is 15.6. The van der Waals surface area contributed by atoms with Crippen molar-refractivity contribution in [1.29, 1.82) is 0 Å². The molecule has 42 heavy (non-hydrogen) atoms. The van der Waals surface area contributed by atoms with Crippen LogP contribution in [0.25, 0.3) is 0 Å². The van der Waals surface area contributed by atoms with Gasteiger partial charge in [-0.2, -0.15) is 0 Å². The maximum absolute atomic E-state index is 14.0. The van der Waals surface area contributed by atoms with Gasteiger partial charge in [-0.1, -0.05) is 15.9 Å². The third-order valence-electron chi connectivity index (χ3n) is 8.59. The number of likely N-dealkylation sites (tertiary alicyclic amines) is 1. The zero-order valence-electron chi connectivity index (χ0n) is 24.2. The maximum atomic E-state index is 14.0. The zero-order valence-corrected chi connectivity index (χ0v) is 25.8. The van der Waals surface area contributed by atoms with Crippen LogP contribution in [0.3, 0.4) is 0 Å². The van der Waals surface area contributed by atoms with Crippen molar-refractivity contribution in [2.75, 3.05) is 48.4 Å². The first-order valence-electron chi connectivity index (χ1n) is 14.7. The monoisotopic (exact) mass is 642 g/mol. The molecule has 10 nitrogen and oxygen atoms in total. The number of halogens is 1. The number of amides is 3. The highest BCUT2D eigenvalue weighted by Crippen LogP contribution is 2.60. The molecule has 3 saturated heterocycles. The third-order valence-corrected chi connectivity index (χ3v) is 9.44. The van der Waals surface area contributed by atoms with Crippen molar-refractivity contribution in [1.82, 2.24) is 4.90 Å². The van der Waals surface area contributed by atoms with Gasteiger partial charge < -0.3 is 35.0 Å². The van der Waals surface area contributed by atoms with Crippen LogP contribution in [0.2, 0.25) is 0 Å². The van der Waals surface area contributed by atoms with Gasteiger partial charge in [0.05, 0.1) is 24.5 Å². The summed E-state index contributed by atoms with van der Waals surface area (Å²) in [5.41, 5.74) is 1.07. The molecule has 11 heteroatoms. The van der Waals surface area contributed by atoms with E-state index in [-0.39, 0.29) is 35.7 Å². The minimum atomic E-state index is -1.17. The predicted molar refractivity (Wildman–Crippen MR) is 164 cm³/mol. The Morgan fingerprint density at radius 1 is 1.05 bits per heavy atom. The van der Waals surface area contributed by atoms with Crippen LogP contribution in [0.4, 0.5) is 17.1 Å². The van der Waals surface area contributed by atoms with Crippen LogP contribution in [-0.2, 0) is 19.1 Å². The van der Waals surface area contributed by atoms with Crippen LogP contribution in [0.15, 0.2) is 48.5 Å². The van der Waals surface area contributed by atoms with Crippen LogP contribution in [0, 0.1) is 11.8 Å². The number of carbonyl (C=O) groups is 3. The summed E-state index contributed by atoms with van der Waals surface area (Å²) in [6.45, 7) is 8.41. The fraction of sp³-hybridized carbons (Fsp3) is 0.516. The number of carbonyl (C=O) groups excluding carboxylic acids is 3. The molecule has 5 rings (SSSR count). The van der Waals surface area contributed by atoms with Crippen molar-refractivity contribution in [3.05, 3.63) is 48.5 Å². The molecule has 3 N–H and O–H groups in total. The zero-order chi connectivity index (χ0) is 30.0. The molecule has 3 amide bonds. The van der Waals surface area contributed by atoms with E-state index in [9.17, 15) is 19.5 Å². The maximum Gasteiger partial charge on any atom is 0.250 e. The van der Waals surface area contributed by atoms with E-state index >= 15 is 0 Å². The number of alkyl halides is 1. The average molecular weight is 644 g/mol. The second-order valence-corrected chi connectivity index (χ2v) is 12.1. The molecule has 0 aromatic heterocycles. The van der Waals surface area contributed by atoms with Crippen LogP contribution in [0.5, 0.6) is 5.75 Å². The van der Waals surface area contributed by atoms with Crippen LogP contribution < -0.4 is 20.3 Å². The van der Waals surface area contributed by atoms with Gasteiger partial charge in [-0.15, -0.1) is 0 Å². The number of aliphatic hydroxyl groups is 1. The van der Waals surface area contributed by atoms with E-state index in [4.69, 9.17) is 9.47 Å². The van der Waals surface area contributed by atoms with Gasteiger partial charge in [0, 0.05) is 48.1 Å². The number of rotatable bonds is 12. The van der Waals surface area contributed by atoms with Gasteiger partial charge >= 0.3 is 0 Å². The number of ether oxygens (including phenoxy) is 2. The summed E-state index contributed by atoms with van der Waals surface area (Å²) in [4.78, 5) is 45.2. The van der Waals surface area contributed by atoms with E-state index in [2.05, 4.69) is 45.3 Å². The highest BCUT2D eigenvalue weighted by molar-refractivity contribution is 9.09. The molecule has 0 aliphatic carbocycles. The van der Waals surface area contributed by atoms with E-state index in [0.717, 1.165) is 18.8 Å². The van der Waals surface area contributed by atoms with E-state index < -0.39 is 29.6 Å². The van der Waals surface area contributed by atoms with Crippen molar-refractivity contribution >= 4 is 50.7 Å². The number of hydrogen-bond acceptors (Lipinski definition) is 7. The van der Waals surface area contributed by atoms with Gasteiger partial charge in [0.2, 0.25) is 17.7 Å². The number of nitrogens with zero attached hydrogens (tertiary/aromatic N) is 2. The van der Waals surface area contributed by atoms with Gasteiger partial charge in [-0.05, 0) is 82.1 Å². The van der Waals surface area contributed by atoms with Gasteiger partial charge in [0.15, 0.2) is 0 Å². The lowest BCUT2D eigenvalue weighted by Gasteiger charge is -2.34. The lowest BCUT2D eigenvalue weighted by atomic mass is 9.70. The average Bonchev–Trinajstić information content (AvgIpc) is 3.57. The molecule has 0 saturated carbocycles. The molecule has 3 heterocycles. The molecule has 2 aromatic rings. The fourth-order valence-electron chi connectivity index (χ4n) is 6.79. The molecule has 3 unspecified atom stereocenters. The first kappa shape index (κ1) is 30.3. The Bertz CT molecular complexity index is 1290. The van der Waals surface area contributed by atoms with Crippen molar-refractivity contribution in [2.24, 2.45) is 11.8 Å². The van der Waals surface area contributed by atoms with Crippen molar-refractivity contribution in [3.63, 3.8) is 0 Å². The quantitative estimate of drug-likeness (QED) is 0.302. The summed E-state index contributed by atoms with van der Waals surface area (Å²) in [6.07, 6.45) is 0.154. The SMILES string of the molecule is CCOc1ccc(NC(=O)[C@H]2[C@@H]3OC4(CC3Br)C(C(=O)Nc3ccc(N(CC)CC)cc3)N(CCCO)C(=O)[C@H]24)cc1. The van der Waals surface area contributed by atoms with Crippen molar-refractivity contribution in [2.45, 2.75) is 56.2 Å². The van der Waals surface area contributed by atoms with Crippen molar-refractivity contribution in [3.8, 4) is 5.75 Å². The van der Waals surface area contributed by atoms with E-state index in [1.165, 1.54) is 4.90 Å². The second kappa shape index (κ2) is 12.6. The van der Waals surface area contributed by atoms with Gasteiger partial charge in [-0.3, -0.25) is 14.4 Å². The fourth-order valence-corrected chi connectivity index (χ4v) is 7.74. The Morgan fingerprint density at radius 3 is 2.26 bits per heavy atom. The number of hydrogen-bond donors (Lipinski definition) is 3. The molecule has 6 atom stereocenters. The smallest absolute Gasteiger partial charge is 0.250 e. The molecule has 2 aromatic carbocycles. The van der Waals surface area contributed by atoms with E-state index in [0.29, 0.717) is 36.6 Å². The number of anilines is 3. The summed E-state index contributed by atoms with van der Waals surface area (Å²) >= 11 is 3.69. The molecule has 3 aliphatic heterocycles. The molecule has 3 fully saturated rings. The van der Waals surface area contributed by atoms with E-state index in [1.807, 2.05) is 31.2 Å². The summed E-state index contributed by atoms with van der Waals surface area (Å²) < 4.78 is 12.0. The number of fused-ring (bicyclic) bond motifs is 1. The Morgan fingerprint density at radius 2 is 1.67 bits per heavy atom. The Kier molecular flexibility index (Phi) is 9.10. The predicted octanol–water partition coefficient (Wildman–Crippen LogP) is 3.64. The highest BCUT2D eigenvalue weighted by atomic mass is 79.9. The van der Waals surface area contributed by atoms with Gasteiger partial charge in [-0.25, -0.2) is 0 Å². The van der Waals surface area contributed by atoms with Gasteiger partial charge in [0.1, 0.15) is 17.4 Å².